The number of carbonyl (C=O) groups is 1. The minimum absolute atomic E-state index is 0.0824. The lowest BCUT2D eigenvalue weighted by Gasteiger charge is -2.34. The van der Waals surface area contributed by atoms with Gasteiger partial charge in [0.2, 0.25) is 0 Å². The van der Waals surface area contributed by atoms with Gasteiger partial charge in [0.15, 0.2) is 5.82 Å². The first-order valence-electron chi connectivity index (χ1n) is 19.3. The van der Waals surface area contributed by atoms with E-state index in [1.807, 2.05) is 17.9 Å². The van der Waals surface area contributed by atoms with Gasteiger partial charge in [0.25, 0.3) is 0 Å². The smallest absolute Gasteiger partial charge is 0.418 e. The predicted octanol–water partition coefficient (Wildman–Crippen LogP) is 6.90. The van der Waals surface area contributed by atoms with E-state index in [0.717, 1.165) is 18.1 Å². The van der Waals surface area contributed by atoms with E-state index in [1.54, 1.807) is 17.2 Å². The van der Waals surface area contributed by atoms with Gasteiger partial charge in [0.1, 0.15) is 36.2 Å². The number of ether oxygens (including phenoxy) is 3. The summed E-state index contributed by atoms with van der Waals surface area (Å²) in [6, 6.07) is 3.99. The summed E-state index contributed by atoms with van der Waals surface area (Å²) in [6.45, 7) is 10.5. The number of aryl methyl sites for hydroxylation is 2. The van der Waals surface area contributed by atoms with Crippen LogP contribution in [0.2, 0.25) is 5.02 Å². The SMILES string of the molecule is C=C1CN2C(COC(=O)N3CCOCC3)CCC2(COc2nc3c4c(c(Cl)c(-c5nc(N)cc(C)c5C(F)(F)F)c(F)c4n2)CCCN3C(C)c2cccnc2N)C1. The second kappa shape index (κ2) is 15.3. The molecule has 13 nitrogen and oxygen atoms in total. The van der Waals surface area contributed by atoms with Crippen LogP contribution in [0, 0.1) is 12.7 Å². The first kappa shape index (κ1) is 39.8. The van der Waals surface area contributed by atoms with Gasteiger partial charge in [-0.05, 0) is 69.2 Å². The molecule has 308 valence electrons. The Kier molecular flexibility index (Phi) is 10.5. The number of hydrogen-bond donors (Lipinski definition) is 2. The molecule has 4 aromatic rings. The van der Waals surface area contributed by atoms with Crippen LogP contribution in [0.1, 0.15) is 60.9 Å². The van der Waals surface area contributed by atoms with Crippen LogP contribution in [0.4, 0.5) is 39.8 Å². The van der Waals surface area contributed by atoms with E-state index in [1.165, 1.54) is 6.92 Å². The van der Waals surface area contributed by atoms with Crippen molar-refractivity contribution in [3.8, 4) is 17.3 Å². The van der Waals surface area contributed by atoms with Gasteiger partial charge < -0.3 is 35.5 Å². The summed E-state index contributed by atoms with van der Waals surface area (Å²) in [7, 11) is 0. The number of hydrogen-bond acceptors (Lipinski definition) is 12. The Balaban J connectivity index is 1.21. The molecule has 0 aliphatic carbocycles. The Morgan fingerprint density at radius 1 is 1.19 bits per heavy atom. The molecule has 4 aliphatic heterocycles. The minimum Gasteiger partial charge on any atom is -0.461 e. The van der Waals surface area contributed by atoms with Crippen molar-refractivity contribution in [1.82, 2.24) is 29.7 Å². The van der Waals surface area contributed by atoms with Crippen LogP contribution in [-0.2, 0) is 22.1 Å². The number of nitrogen functional groups attached to an aromatic ring is 2. The summed E-state index contributed by atoms with van der Waals surface area (Å²) in [5, 5.41) is 0.0175. The Bertz CT molecular complexity index is 2290. The van der Waals surface area contributed by atoms with Crippen molar-refractivity contribution in [1.29, 1.82) is 0 Å². The van der Waals surface area contributed by atoms with Gasteiger partial charge in [-0.1, -0.05) is 29.8 Å². The van der Waals surface area contributed by atoms with Gasteiger partial charge in [0, 0.05) is 44.0 Å². The van der Waals surface area contributed by atoms with Crippen molar-refractivity contribution in [2.24, 2.45) is 0 Å². The number of nitrogens with two attached hydrogens (primary N) is 2. The molecule has 58 heavy (non-hydrogen) atoms. The maximum atomic E-state index is 17.3. The van der Waals surface area contributed by atoms with Gasteiger partial charge in [0.05, 0.1) is 52.0 Å². The van der Waals surface area contributed by atoms with Crippen LogP contribution < -0.4 is 21.1 Å². The zero-order chi connectivity index (χ0) is 41.1. The van der Waals surface area contributed by atoms with E-state index >= 15 is 4.39 Å². The number of nitrogens with zero attached hydrogens (tertiary/aromatic N) is 7. The maximum absolute atomic E-state index is 17.3. The van der Waals surface area contributed by atoms with Crippen LogP contribution in [0.5, 0.6) is 6.01 Å². The van der Waals surface area contributed by atoms with E-state index in [9.17, 15) is 18.0 Å². The Morgan fingerprint density at radius 2 is 1.97 bits per heavy atom. The molecule has 0 saturated carbocycles. The highest BCUT2D eigenvalue weighted by atomic mass is 35.5. The molecule has 3 aromatic heterocycles. The number of pyridine rings is 2. The molecule has 3 atom stereocenters. The molecule has 8 rings (SSSR count). The summed E-state index contributed by atoms with van der Waals surface area (Å²) in [4.78, 5) is 36.4. The van der Waals surface area contributed by atoms with Crippen LogP contribution in [0.3, 0.4) is 0 Å². The monoisotopic (exact) mass is 825 g/mol. The molecule has 3 fully saturated rings. The summed E-state index contributed by atoms with van der Waals surface area (Å²) in [5.74, 6) is -0.757. The second-order valence-corrected chi connectivity index (χ2v) is 15.9. The zero-order valence-electron chi connectivity index (χ0n) is 32.2. The van der Waals surface area contributed by atoms with Crippen molar-refractivity contribution in [3.63, 3.8) is 0 Å². The van der Waals surface area contributed by atoms with Crippen molar-refractivity contribution in [2.45, 2.75) is 69.8 Å². The van der Waals surface area contributed by atoms with Crippen LogP contribution in [0.15, 0.2) is 36.5 Å². The standard InChI is InChI=1S/C40H44ClF4N9O4/c1-21-17-39(9-8-24(54(39)18-21)19-57-38(55)52-12-14-56-15-13-52)20-58-37-50-34-28-26(7-5-11-53(36(28)51-37)23(3)25-6-4-10-48-35(25)47)31(41)29(32(34)42)33-30(40(43,44)45)22(2)16-27(46)49-33/h4,6,10,16,23-24H,1,5,7-9,11-15,17-20H2,2-3H3,(H2,46,49)(H2,47,48). The van der Waals surface area contributed by atoms with Crippen molar-refractivity contribution >= 4 is 46.1 Å². The topological polar surface area (TPSA) is 158 Å². The fourth-order valence-electron chi connectivity index (χ4n) is 9.11. The fourth-order valence-corrected chi connectivity index (χ4v) is 9.47. The predicted molar refractivity (Wildman–Crippen MR) is 210 cm³/mol. The third-order valence-electron chi connectivity index (χ3n) is 11.8. The van der Waals surface area contributed by atoms with Crippen LogP contribution in [-0.4, -0.2) is 100 Å². The molecule has 3 saturated heterocycles. The molecule has 0 radical (unpaired) electrons. The number of morpholine rings is 1. The highest BCUT2D eigenvalue weighted by Crippen LogP contribution is 2.49. The fraction of sp³-hybridized carbons (Fsp3) is 0.475. The molecule has 4 aliphatic rings. The molecule has 0 spiro atoms. The second-order valence-electron chi connectivity index (χ2n) is 15.5. The number of alkyl halides is 3. The van der Waals surface area contributed by atoms with E-state index < -0.39 is 40.4 Å². The maximum Gasteiger partial charge on any atom is 0.418 e. The lowest BCUT2D eigenvalue weighted by atomic mass is 9.94. The Labute approximate surface area is 337 Å². The lowest BCUT2D eigenvalue weighted by Crippen LogP contribution is -2.48. The van der Waals surface area contributed by atoms with E-state index in [2.05, 4.69) is 26.4 Å². The quantitative estimate of drug-likeness (QED) is 0.140. The molecule has 3 unspecified atom stereocenters. The zero-order valence-corrected chi connectivity index (χ0v) is 32.9. The summed E-state index contributed by atoms with van der Waals surface area (Å²) in [6.07, 6.45) is -0.950. The number of benzene rings is 1. The van der Waals surface area contributed by atoms with Crippen molar-refractivity contribution in [3.05, 3.63) is 69.6 Å². The molecular weight excluding hydrogens is 782 g/mol. The summed E-state index contributed by atoms with van der Waals surface area (Å²) < 4.78 is 78.9. The number of carbonyl (C=O) groups excluding carboxylic acids is 1. The van der Waals surface area contributed by atoms with Gasteiger partial charge in [-0.15, -0.1) is 0 Å². The highest BCUT2D eigenvalue weighted by Gasteiger charge is 2.52. The molecule has 4 N–H and O–H groups in total. The first-order valence-corrected chi connectivity index (χ1v) is 19.6. The van der Waals surface area contributed by atoms with E-state index in [0.29, 0.717) is 75.6 Å². The largest absolute Gasteiger partial charge is 0.461 e. The number of rotatable bonds is 8. The van der Waals surface area contributed by atoms with E-state index in [4.69, 9.17) is 42.3 Å². The van der Waals surface area contributed by atoms with Gasteiger partial charge in [-0.25, -0.2) is 19.2 Å². The van der Waals surface area contributed by atoms with Gasteiger partial charge in [-0.3, -0.25) is 4.90 Å². The van der Waals surface area contributed by atoms with Crippen molar-refractivity contribution in [2.75, 3.05) is 69.0 Å². The first-order chi connectivity index (χ1) is 27.7. The van der Waals surface area contributed by atoms with Gasteiger partial charge in [-0.2, -0.15) is 23.1 Å². The molecular formula is C40H44ClF4N9O4. The molecule has 18 heteroatoms. The van der Waals surface area contributed by atoms with Crippen molar-refractivity contribution < 1.29 is 36.6 Å². The van der Waals surface area contributed by atoms with Gasteiger partial charge >= 0.3 is 18.3 Å². The lowest BCUT2D eigenvalue weighted by molar-refractivity contribution is -0.137. The average Bonchev–Trinajstić information content (AvgIpc) is 3.60. The summed E-state index contributed by atoms with van der Waals surface area (Å²) >= 11 is 6.99. The molecule has 1 amide bonds. The number of aromatic nitrogens is 4. The number of amides is 1. The Morgan fingerprint density at radius 3 is 2.71 bits per heavy atom. The number of anilines is 3. The third-order valence-corrected chi connectivity index (χ3v) is 12.2. The van der Waals surface area contributed by atoms with Crippen LogP contribution in [0.25, 0.3) is 22.2 Å². The molecule has 0 bridgehead atoms. The third kappa shape index (κ3) is 7.10. The van der Waals surface area contributed by atoms with Crippen LogP contribution >= 0.6 is 11.6 Å². The highest BCUT2D eigenvalue weighted by molar-refractivity contribution is 6.35. The van der Waals surface area contributed by atoms with E-state index in [-0.39, 0.29) is 70.9 Å². The molecule has 1 aromatic carbocycles. The summed E-state index contributed by atoms with van der Waals surface area (Å²) in [5.41, 5.74) is 10.9. The minimum atomic E-state index is -4.91. The number of halogens is 5. The molecule has 7 heterocycles. The number of fused-ring (bicyclic) bond motifs is 1. The normalized spacial score (nSPS) is 21.6. The average molecular weight is 826 g/mol. The Hall–Kier alpha value is -5.00.